The van der Waals surface area contributed by atoms with E-state index in [1.807, 2.05) is 25.2 Å². The average molecular weight is 231 g/mol. The molecule has 0 saturated carbocycles. The summed E-state index contributed by atoms with van der Waals surface area (Å²) in [5.74, 6) is 0.528. The third kappa shape index (κ3) is 3.24. The Morgan fingerprint density at radius 1 is 1.29 bits per heavy atom. The van der Waals surface area contributed by atoms with Crippen LogP contribution in [0, 0.1) is 0 Å². The lowest BCUT2D eigenvalue weighted by atomic mass is 10.1. The van der Waals surface area contributed by atoms with Crippen molar-refractivity contribution in [3.8, 4) is 5.88 Å². The van der Waals surface area contributed by atoms with Crippen molar-refractivity contribution in [3.63, 3.8) is 0 Å². The Morgan fingerprint density at radius 2 is 2.06 bits per heavy atom. The first-order valence-electron chi connectivity index (χ1n) is 5.71. The third-order valence-corrected chi connectivity index (χ3v) is 2.51. The molecule has 0 bridgehead atoms. The highest BCUT2D eigenvalue weighted by Crippen LogP contribution is 2.17. The van der Waals surface area contributed by atoms with Crippen LogP contribution in [0.5, 0.6) is 5.88 Å². The normalized spacial score (nSPS) is 10.4. The zero-order valence-corrected chi connectivity index (χ0v) is 9.97. The van der Waals surface area contributed by atoms with Gasteiger partial charge in [-0.3, -0.25) is 4.68 Å². The number of aromatic nitrogens is 2. The van der Waals surface area contributed by atoms with Gasteiger partial charge in [-0.05, 0) is 18.4 Å². The molecule has 0 atom stereocenters. The number of hydrogen-bond donors (Lipinski definition) is 1. The van der Waals surface area contributed by atoms with Crippen molar-refractivity contribution < 1.29 is 4.74 Å². The van der Waals surface area contributed by atoms with Gasteiger partial charge in [0.1, 0.15) is 5.69 Å². The molecule has 2 rings (SSSR count). The maximum absolute atomic E-state index is 5.73. The van der Waals surface area contributed by atoms with E-state index < -0.39 is 0 Å². The maximum Gasteiger partial charge on any atom is 0.256 e. The fourth-order valence-electron chi connectivity index (χ4n) is 1.69. The molecule has 0 aliphatic rings. The molecule has 2 N–H and O–H groups in total. The first-order valence-corrected chi connectivity index (χ1v) is 5.71. The first-order chi connectivity index (χ1) is 8.25. The topological polar surface area (TPSA) is 53.1 Å². The van der Waals surface area contributed by atoms with Crippen molar-refractivity contribution in [2.24, 2.45) is 7.05 Å². The Morgan fingerprint density at radius 3 is 2.71 bits per heavy atom. The molecule has 4 nitrogen and oxygen atoms in total. The van der Waals surface area contributed by atoms with Crippen molar-refractivity contribution in [1.82, 2.24) is 9.78 Å². The smallest absolute Gasteiger partial charge is 0.256 e. The molecule has 0 unspecified atom stereocenters. The van der Waals surface area contributed by atoms with Gasteiger partial charge in [0, 0.05) is 7.05 Å². The monoisotopic (exact) mass is 231 g/mol. The maximum atomic E-state index is 5.73. The van der Waals surface area contributed by atoms with Crippen molar-refractivity contribution in [2.45, 2.75) is 12.8 Å². The summed E-state index contributed by atoms with van der Waals surface area (Å²) in [6.07, 6.45) is 3.71. The van der Waals surface area contributed by atoms with Crippen LogP contribution in [-0.4, -0.2) is 16.4 Å². The number of rotatable bonds is 5. The van der Waals surface area contributed by atoms with E-state index in [-0.39, 0.29) is 0 Å². The second kappa shape index (κ2) is 5.39. The van der Waals surface area contributed by atoms with Gasteiger partial charge in [0.2, 0.25) is 0 Å². The minimum absolute atomic E-state index is 0.528. The lowest BCUT2D eigenvalue weighted by Crippen LogP contribution is -2.01. The van der Waals surface area contributed by atoms with Gasteiger partial charge in [-0.1, -0.05) is 30.3 Å². The summed E-state index contributed by atoms with van der Waals surface area (Å²) in [6.45, 7) is 0.635. The van der Waals surface area contributed by atoms with Gasteiger partial charge in [0.05, 0.1) is 12.8 Å². The summed E-state index contributed by atoms with van der Waals surface area (Å²) in [5, 5.41) is 4.12. The zero-order valence-electron chi connectivity index (χ0n) is 9.97. The van der Waals surface area contributed by atoms with Crippen molar-refractivity contribution in [3.05, 3.63) is 42.1 Å². The largest absolute Gasteiger partial charge is 0.475 e. The Bertz CT molecular complexity index is 465. The van der Waals surface area contributed by atoms with Crippen LogP contribution in [0.2, 0.25) is 0 Å². The number of nitrogens with zero attached hydrogens (tertiary/aromatic N) is 2. The van der Waals surface area contributed by atoms with Crippen molar-refractivity contribution in [2.75, 3.05) is 12.3 Å². The van der Waals surface area contributed by atoms with Crippen LogP contribution in [0.1, 0.15) is 12.0 Å². The Kier molecular flexibility index (Phi) is 3.65. The highest BCUT2D eigenvalue weighted by atomic mass is 16.5. The molecular formula is C13H17N3O. The molecule has 0 fully saturated rings. The molecule has 17 heavy (non-hydrogen) atoms. The van der Waals surface area contributed by atoms with Gasteiger partial charge in [-0.25, -0.2) is 0 Å². The van der Waals surface area contributed by atoms with Gasteiger partial charge < -0.3 is 10.5 Å². The fourth-order valence-corrected chi connectivity index (χ4v) is 1.69. The van der Waals surface area contributed by atoms with Crippen LogP contribution in [0.25, 0.3) is 0 Å². The van der Waals surface area contributed by atoms with Crippen LogP contribution < -0.4 is 10.5 Å². The minimum Gasteiger partial charge on any atom is -0.475 e. The summed E-state index contributed by atoms with van der Waals surface area (Å²) in [4.78, 5) is 0. The molecule has 1 heterocycles. The lowest BCUT2D eigenvalue weighted by Gasteiger charge is -2.03. The van der Waals surface area contributed by atoms with Crippen LogP contribution in [0.3, 0.4) is 0 Å². The summed E-state index contributed by atoms with van der Waals surface area (Å²) in [5.41, 5.74) is 7.64. The number of anilines is 1. The zero-order chi connectivity index (χ0) is 12.1. The molecule has 0 radical (unpaired) electrons. The number of aryl methyl sites for hydroxylation is 2. The Labute approximate surface area is 101 Å². The predicted molar refractivity (Wildman–Crippen MR) is 67.9 cm³/mol. The Balaban J connectivity index is 1.75. The average Bonchev–Trinajstić information content (AvgIpc) is 2.65. The summed E-state index contributed by atoms with van der Waals surface area (Å²) < 4.78 is 7.18. The first kappa shape index (κ1) is 11.5. The van der Waals surface area contributed by atoms with E-state index in [1.54, 1.807) is 10.9 Å². The third-order valence-electron chi connectivity index (χ3n) is 2.51. The standard InChI is InChI=1S/C13H17N3O/c1-16-10-12(14)13(15-16)17-9-5-8-11-6-3-2-4-7-11/h2-4,6-7,10H,5,8-9,14H2,1H3. The summed E-state index contributed by atoms with van der Waals surface area (Å²) >= 11 is 0. The summed E-state index contributed by atoms with van der Waals surface area (Å²) in [7, 11) is 1.83. The van der Waals surface area contributed by atoms with E-state index in [2.05, 4.69) is 17.2 Å². The van der Waals surface area contributed by atoms with Crippen molar-refractivity contribution in [1.29, 1.82) is 0 Å². The van der Waals surface area contributed by atoms with Crippen LogP contribution in [0.4, 0.5) is 5.69 Å². The summed E-state index contributed by atoms with van der Waals surface area (Å²) in [6, 6.07) is 10.4. The van der Waals surface area contributed by atoms with Crippen LogP contribution in [0.15, 0.2) is 36.5 Å². The molecule has 2 aromatic rings. The van der Waals surface area contributed by atoms with E-state index in [0.717, 1.165) is 12.8 Å². The lowest BCUT2D eigenvalue weighted by molar-refractivity contribution is 0.298. The van der Waals surface area contributed by atoms with E-state index in [9.17, 15) is 0 Å². The number of benzene rings is 1. The molecule has 0 saturated heterocycles. The number of hydrogen-bond acceptors (Lipinski definition) is 3. The van der Waals surface area contributed by atoms with Gasteiger partial charge in [-0.2, -0.15) is 0 Å². The molecular weight excluding hydrogens is 214 g/mol. The molecule has 0 spiro atoms. The molecule has 0 amide bonds. The highest BCUT2D eigenvalue weighted by Gasteiger charge is 2.04. The molecule has 1 aromatic heterocycles. The molecule has 90 valence electrons. The van der Waals surface area contributed by atoms with E-state index in [4.69, 9.17) is 10.5 Å². The number of ether oxygens (including phenoxy) is 1. The van der Waals surface area contributed by atoms with Crippen LogP contribution in [-0.2, 0) is 13.5 Å². The van der Waals surface area contributed by atoms with Gasteiger partial charge in [0.15, 0.2) is 0 Å². The number of nitrogens with two attached hydrogens (primary N) is 1. The Hall–Kier alpha value is -1.97. The second-order valence-corrected chi connectivity index (χ2v) is 4.00. The van der Waals surface area contributed by atoms with Gasteiger partial charge >= 0.3 is 0 Å². The van der Waals surface area contributed by atoms with Gasteiger partial charge in [-0.15, -0.1) is 5.10 Å². The van der Waals surface area contributed by atoms with E-state index in [0.29, 0.717) is 18.2 Å². The molecule has 0 aliphatic carbocycles. The second-order valence-electron chi connectivity index (χ2n) is 4.00. The quantitative estimate of drug-likeness (QED) is 0.801. The van der Waals surface area contributed by atoms with Crippen molar-refractivity contribution >= 4 is 5.69 Å². The predicted octanol–water partition coefficient (Wildman–Crippen LogP) is 2.01. The van der Waals surface area contributed by atoms with E-state index >= 15 is 0 Å². The molecule has 1 aromatic carbocycles. The van der Waals surface area contributed by atoms with Gasteiger partial charge in [0.25, 0.3) is 5.88 Å². The number of nitrogen functional groups attached to an aromatic ring is 1. The van der Waals surface area contributed by atoms with Crippen LogP contribution >= 0.6 is 0 Å². The molecule has 4 heteroatoms. The SMILES string of the molecule is Cn1cc(N)c(OCCCc2ccccc2)n1. The highest BCUT2D eigenvalue weighted by molar-refractivity contribution is 5.45. The molecule has 0 aliphatic heterocycles. The van der Waals surface area contributed by atoms with E-state index in [1.165, 1.54) is 5.56 Å². The minimum atomic E-state index is 0.528. The fraction of sp³-hybridized carbons (Fsp3) is 0.308.